The molecule has 1 aliphatic rings. The highest BCUT2D eigenvalue weighted by molar-refractivity contribution is 7.91. The van der Waals surface area contributed by atoms with Gasteiger partial charge in [0.25, 0.3) is 5.91 Å². The molecular formula is C30H33N3O10S. The van der Waals surface area contributed by atoms with Gasteiger partial charge in [-0.25, -0.2) is 18.0 Å². The van der Waals surface area contributed by atoms with Gasteiger partial charge in [-0.15, -0.1) is 5.01 Å². The van der Waals surface area contributed by atoms with Crippen LogP contribution in [-0.2, 0) is 29.6 Å². The van der Waals surface area contributed by atoms with Crippen molar-refractivity contribution < 1.29 is 46.5 Å². The molecule has 0 radical (unpaired) electrons. The number of amides is 3. The summed E-state index contributed by atoms with van der Waals surface area (Å²) in [6, 6.07) is 15.1. The van der Waals surface area contributed by atoms with Gasteiger partial charge in [0.15, 0.2) is 5.54 Å². The second kappa shape index (κ2) is 13.2. The number of rotatable bonds is 11. The molecule has 1 heterocycles. The zero-order valence-corrected chi connectivity index (χ0v) is 25.6. The first-order valence-corrected chi connectivity index (χ1v) is 15.1. The van der Waals surface area contributed by atoms with Crippen LogP contribution < -0.4 is 25.0 Å². The third-order valence-electron chi connectivity index (χ3n) is 6.70. The topological polar surface area (TPSA) is 159 Å². The van der Waals surface area contributed by atoms with E-state index >= 15 is 0 Å². The summed E-state index contributed by atoms with van der Waals surface area (Å²) in [4.78, 5) is 39.7. The van der Waals surface area contributed by atoms with Crippen LogP contribution in [0.1, 0.15) is 31.9 Å². The van der Waals surface area contributed by atoms with Crippen LogP contribution in [0.25, 0.3) is 0 Å². The number of hydrogen-bond acceptors (Lipinski definition) is 11. The summed E-state index contributed by atoms with van der Waals surface area (Å²) >= 11 is 0. The Hall–Kier alpha value is -4.82. The average molecular weight is 628 g/mol. The third kappa shape index (κ3) is 5.61. The van der Waals surface area contributed by atoms with E-state index in [4.69, 9.17) is 23.7 Å². The van der Waals surface area contributed by atoms with Crippen molar-refractivity contribution in [2.45, 2.75) is 36.1 Å². The molecule has 3 amide bonds. The fourth-order valence-corrected chi connectivity index (χ4v) is 6.65. The summed E-state index contributed by atoms with van der Waals surface area (Å²) in [7, 11) is -1.84. The lowest BCUT2D eigenvalue weighted by molar-refractivity contribution is -0.122. The normalized spacial score (nSPS) is 15.5. The Balaban J connectivity index is 2.12. The maximum Gasteiger partial charge on any atom is 0.434 e. The van der Waals surface area contributed by atoms with Crippen LogP contribution in [0.15, 0.2) is 70.5 Å². The lowest BCUT2D eigenvalue weighted by Crippen LogP contribution is -2.60. The SMILES string of the molecule is CCOC(=O)N(NC1(c2ccccc2)C(=O)Nc2ccc(OCC)c(S(=O)(=O)c3ccc(OC)cc3OC)c21)C(=O)OCC. The molecule has 0 fully saturated rings. The standard InChI is InChI=1S/C30H33N3O10S/c1-6-41-22-16-15-21-25(26(22)44(37,38)24-17-14-20(39-4)18-23(24)40-5)30(27(34)31-21,19-12-10-9-11-13-19)32-33(28(35)42-7-2)29(36)43-8-3/h9-18,32H,6-8H2,1-5H3,(H,31,34). The predicted molar refractivity (Wildman–Crippen MR) is 157 cm³/mol. The first kappa shape index (κ1) is 32.1. The number of anilines is 1. The summed E-state index contributed by atoms with van der Waals surface area (Å²) in [5, 5.41) is 3.12. The van der Waals surface area contributed by atoms with Crippen LogP contribution in [0.5, 0.6) is 17.2 Å². The number of methoxy groups -OCH3 is 2. The molecule has 1 atom stereocenters. The minimum absolute atomic E-state index is 0.0281. The molecule has 1 unspecified atom stereocenters. The highest BCUT2D eigenvalue weighted by atomic mass is 32.2. The molecule has 0 aliphatic carbocycles. The first-order chi connectivity index (χ1) is 21.1. The molecule has 234 valence electrons. The number of carbonyl (C=O) groups is 3. The first-order valence-electron chi connectivity index (χ1n) is 13.7. The lowest BCUT2D eigenvalue weighted by Gasteiger charge is -2.34. The smallest absolute Gasteiger partial charge is 0.434 e. The van der Waals surface area contributed by atoms with Crippen molar-refractivity contribution in [2.24, 2.45) is 0 Å². The minimum atomic E-state index is -4.57. The van der Waals surface area contributed by atoms with Crippen LogP contribution in [0.3, 0.4) is 0 Å². The van der Waals surface area contributed by atoms with Crippen molar-refractivity contribution in [1.82, 2.24) is 10.4 Å². The fraction of sp³-hybridized carbons (Fsp3) is 0.300. The predicted octanol–water partition coefficient (Wildman–Crippen LogP) is 4.25. The van der Waals surface area contributed by atoms with Gasteiger partial charge < -0.3 is 29.0 Å². The molecule has 14 heteroatoms. The fourth-order valence-electron chi connectivity index (χ4n) is 4.86. The lowest BCUT2D eigenvalue weighted by atomic mass is 9.84. The summed E-state index contributed by atoms with van der Waals surface area (Å²) in [5.74, 6) is -0.550. The maximum absolute atomic E-state index is 14.7. The average Bonchev–Trinajstić information content (AvgIpc) is 3.31. The Kier molecular flexibility index (Phi) is 9.65. The molecule has 44 heavy (non-hydrogen) atoms. The van der Waals surface area contributed by atoms with E-state index in [0.29, 0.717) is 10.8 Å². The monoisotopic (exact) mass is 627 g/mol. The van der Waals surface area contributed by atoms with Gasteiger partial charge in [0, 0.05) is 17.3 Å². The van der Waals surface area contributed by atoms with E-state index in [-0.39, 0.29) is 53.0 Å². The van der Waals surface area contributed by atoms with Crippen LogP contribution in [-0.4, -0.2) is 65.6 Å². The molecule has 2 N–H and O–H groups in total. The molecular weight excluding hydrogens is 594 g/mol. The number of sulfone groups is 1. The van der Waals surface area contributed by atoms with Gasteiger partial charge in [0.1, 0.15) is 27.0 Å². The number of hydrogen-bond donors (Lipinski definition) is 2. The van der Waals surface area contributed by atoms with Crippen molar-refractivity contribution in [3.63, 3.8) is 0 Å². The van der Waals surface area contributed by atoms with Gasteiger partial charge in [-0.2, -0.15) is 5.43 Å². The van der Waals surface area contributed by atoms with Gasteiger partial charge in [0.05, 0.1) is 34.0 Å². The highest BCUT2D eigenvalue weighted by Gasteiger charge is 2.55. The van der Waals surface area contributed by atoms with Gasteiger partial charge in [0.2, 0.25) is 9.84 Å². The van der Waals surface area contributed by atoms with Crippen molar-refractivity contribution in [3.05, 3.63) is 71.8 Å². The van der Waals surface area contributed by atoms with Crippen molar-refractivity contribution in [2.75, 3.05) is 39.4 Å². The zero-order valence-electron chi connectivity index (χ0n) is 24.8. The largest absolute Gasteiger partial charge is 0.497 e. The van der Waals surface area contributed by atoms with E-state index in [0.717, 1.165) is 0 Å². The molecule has 0 aromatic heterocycles. The van der Waals surface area contributed by atoms with E-state index in [1.165, 1.54) is 58.4 Å². The van der Waals surface area contributed by atoms with Crippen LogP contribution in [0, 0.1) is 0 Å². The molecule has 0 bridgehead atoms. The number of fused-ring (bicyclic) bond motifs is 1. The Bertz CT molecular complexity index is 1640. The number of nitrogens with zero attached hydrogens (tertiary/aromatic N) is 1. The second-order valence-corrected chi connectivity index (χ2v) is 11.0. The molecule has 3 aromatic carbocycles. The van der Waals surface area contributed by atoms with E-state index in [1.807, 2.05) is 0 Å². The number of carbonyl (C=O) groups excluding carboxylic acids is 3. The molecule has 0 saturated carbocycles. The van der Waals surface area contributed by atoms with Crippen LogP contribution in [0.4, 0.5) is 15.3 Å². The molecule has 13 nitrogen and oxygen atoms in total. The summed E-state index contributed by atoms with van der Waals surface area (Å²) in [6.45, 7) is 4.60. The Morgan fingerprint density at radius 2 is 1.52 bits per heavy atom. The molecule has 0 saturated heterocycles. The van der Waals surface area contributed by atoms with Gasteiger partial charge in [-0.1, -0.05) is 30.3 Å². The zero-order chi connectivity index (χ0) is 32.1. The summed E-state index contributed by atoms with van der Waals surface area (Å²) < 4.78 is 56.0. The number of nitrogens with one attached hydrogen (secondary N) is 2. The van der Waals surface area contributed by atoms with E-state index in [2.05, 4.69) is 10.7 Å². The summed E-state index contributed by atoms with van der Waals surface area (Å²) in [5.41, 5.74) is 0.671. The number of benzene rings is 3. The maximum atomic E-state index is 14.7. The second-order valence-electron chi connectivity index (χ2n) is 9.18. The number of imide groups is 1. The van der Waals surface area contributed by atoms with E-state index < -0.39 is 38.4 Å². The highest BCUT2D eigenvalue weighted by Crippen LogP contribution is 2.50. The Labute approximate surface area is 254 Å². The molecule has 1 aliphatic heterocycles. The van der Waals surface area contributed by atoms with Crippen molar-refractivity contribution in [3.8, 4) is 17.2 Å². The minimum Gasteiger partial charge on any atom is -0.497 e. The quantitative estimate of drug-likeness (QED) is 0.293. The molecule has 0 spiro atoms. The Morgan fingerprint density at radius 3 is 2.09 bits per heavy atom. The van der Waals surface area contributed by atoms with E-state index in [9.17, 15) is 22.8 Å². The molecule has 3 aromatic rings. The van der Waals surface area contributed by atoms with Gasteiger partial charge in [-0.3, -0.25) is 4.79 Å². The van der Waals surface area contributed by atoms with Gasteiger partial charge >= 0.3 is 12.2 Å². The Morgan fingerprint density at radius 1 is 0.864 bits per heavy atom. The number of ether oxygens (including phenoxy) is 5. The van der Waals surface area contributed by atoms with E-state index in [1.54, 1.807) is 37.3 Å². The van der Waals surface area contributed by atoms with Crippen LogP contribution >= 0.6 is 0 Å². The summed E-state index contributed by atoms with van der Waals surface area (Å²) in [6.07, 6.45) is -2.35. The number of hydrazine groups is 1. The van der Waals surface area contributed by atoms with Crippen LogP contribution in [0.2, 0.25) is 0 Å². The van der Waals surface area contributed by atoms with Crippen molar-refractivity contribution in [1.29, 1.82) is 0 Å². The molecule has 4 rings (SSSR count). The third-order valence-corrected chi connectivity index (χ3v) is 8.56. The van der Waals surface area contributed by atoms with Crippen molar-refractivity contribution >= 4 is 33.6 Å². The van der Waals surface area contributed by atoms with Gasteiger partial charge in [-0.05, 0) is 50.6 Å².